The van der Waals surface area contributed by atoms with Crippen LogP contribution in [0.4, 0.5) is 0 Å². The summed E-state index contributed by atoms with van der Waals surface area (Å²) in [6, 6.07) is 11.2. The van der Waals surface area contributed by atoms with Crippen molar-refractivity contribution in [2.24, 2.45) is 16.5 Å². The van der Waals surface area contributed by atoms with Gasteiger partial charge in [-0.05, 0) is 42.8 Å². The number of rotatable bonds is 2. The number of hydrogen-bond acceptors (Lipinski definition) is 6. The maximum Gasteiger partial charge on any atom is 0.195 e. The van der Waals surface area contributed by atoms with Crippen molar-refractivity contribution in [1.29, 1.82) is 0 Å². The lowest BCUT2D eigenvalue weighted by Gasteiger charge is -2.29. The van der Waals surface area contributed by atoms with Crippen LogP contribution in [0.3, 0.4) is 0 Å². The molecule has 0 amide bonds. The molecule has 7 nitrogen and oxygen atoms in total. The highest BCUT2D eigenvalue weighted by molar-refractivity contribution is 6.30. The van der Waals surface area contributed by atoms with Gasteiger partial charge in [-0.1, -0.05) is 23.7 Å². The monoisotopic (exact) mass is 353 g/mol. The Morgan fingerprint density at radius 2 is 1.88 bits per heavy atom. The number of aliphatic imine (C=N–C) groups is 1. The lowest BCUT2D eigenvalue weighted by atomic mass is 9.95. The molecular weight excluding hydrogens is 338 g/mol. The van der Waals surface area contributed by atoms with Gasteiger partial charge < -0.3 is 11.1 Å². The molecule has 1 atom stereocenters. The third-order valence-corrected chi connectivity index (χ3v) is 4.44. The van der Waals surface area contributed by atoms with Crippen LogP contribution in [0.15, 0.2) is 47.5 Å². The molecule has 0 bridgehead atoms. The van der Waals surface area contributed by atoms with Gasteiger partial charge >= 0.3 is 0 Å². The van der Waals surface area contributed by atoms with E-state index in [0.29, 0.717) is 10.5 Å². The van der Waals surface area contributed by atoms with E-state index in [1.807, 2.05) is 49.4 Å². The number of halogens is 1. The summed E-state index contributed by atoms with van der Waals surface area (Å²) in [4.78, 5) is 4.40. The zero-order chi connectivity index (χ0) is 17.6. The number of nitrogens with zero attached hydrogens (tertiary/aromatic N) is 3. The van der Waals surface area contributed by atoms with Crippen molar-refractivity contribution >= 4 is 34.3 Å². The molecule has 1 aliphatic heterocycles. The largest absolute Gasteiger partial charge is 0.370 e. The molecule has 1 unspecified atom stereocenters. The Morgan fingerprint density at radius 3 is 2.72 bits per heavy atom. The summed E-state index contributed by atoms with van der Waals surface area (Å²) in [6.07, 6.45) is 1.84. The molecule has 0 radical (unpaired) electrons. The molecule has 0 saturated heterocycles. The van der Waals surface area contributed by atoms with Crippen LogP contribution in [0.5, 0.6) is 0 Å². The molecule has 1 aromatic heterocycles. The summed E-state index contributed by atoms with van der Waals surface area (Å²) in [7, 11) is 0. The number of aromatic nitrogens is 3. The highest BCUT2D eigenvalue weighted by atomic mass is 35.5. The van der Waals surface area contributed by atoms with E-state index < -0.39 is 5.66 Å². The molecule has 25 heavy (non-hydrogen) atoms. The average Bonchev–Trinajstić information content (AvgIpc) is 3.04. The molecule has 0 fully saturated rings. The Labute approximate surface area is 148 Å². The highest BCUT2D eigenvalue weighted by Crippen LogP contribution is 2.31. The summed E-state index contributed by atoms with van der Waals surface area (Å²) in [6.45, 7) is 2.00. The second kappa shape index (κ2) is 5.58. The van der Waals surface area contributed by atoms with Crippen molar-refractivity contribution < 1.29 is 0 Å². The number of fused-ring (bicyclic) bond motifs is 1. The third kappa shape index (κ3) is 2.73. The van der Waals surface area contributed by atoms with E-state index in [1.165, 1.54) is 0 Å². The quantitative estimate of drug-likeness (QED) is 0.562. The second-order valence-electron chi connectivity index (χ2n) is 5.99. The van der Waals surface area contributed by atoms with Gasteiger partial charge in [-0.2, -0.15) is 15.4 Å². The first-order valence-electron chi connectivity index (χ1n) is 7.66. The summed E-state index contributed by atoms with van der Waals surface area (Å²) >= 11 is 6.15. The lowest BCUT2D eigenvalue weighted by molar-refractivity contribution is 0.585. The Balaban J connectivity index is 1.85. The second-order valence-corrected chi connectivity index (χ2v) is 6.43. The number of benzene rings is 2. The van der Waals surface area contributed by atoms with Crippen LogP contribution in [0.2, 0.25) is 5.02 Å². The molecule has 0 saturated carbocycles. The van der Waals surface area contributed by atoms with Crippen molar-refractivity contribution in [3.63, 3.8) is 0 Å². The first-order valence-corrected chi connectivity index (χ1v) is 8.04. The average molecular weight is 354 g/mol. The minimum absolute atomic E-state index is 0.236. The minimum Gasteiger partial charge on any atom is -0.370 e. The summed E-state index contributed by atoms with van der Waals surface area (Å²) in [5.74, 6) is 0.236. The Bertz CT molecular complexity index is 1040. The van der Waals surface area contributed by atoms with E-state index in [0.717, 1.165) is 27.9 Å². The Morgan fingerprint density at radius 1 is 1.08 bits per heavy atom. The van der Waals surface area contributed by atoms with Gasteiger partial charge in [0.2, 0.25) is 0 Å². The molecule has 126 valence electrons. The van der Waals surface area contributed by atoms with Crippen molar-refractivity contribution in [3.05, 3.63) is 64.2 Å². The number of aryl methyl sites for hydroxylation is 1. The highest BCUT2D eigenvalue weighted by Gasteiger charge is 2.30. The summed E-state index contributed by atoms with van der Waals surface area (Å²) < 4.78 is 0. The summed E-state index contributed by atoms with van der Waals surface area (Å²) in [5, 5.41) is 14.5. The van der Waals surface area contributed by atoms with E-state index in [9.17, 15) is 0 Å². The van der Waals surface area contributed by atoms with Crippen LogP contribution < -0.4 is 16.8 Å². The summed E-state index contributed by atoms with van der Waals surface area (Å²) in [5.41, 5.74) is 16.4. The Hall–Kier alpha value is -2.90. The molecule has 0 aliphatic carbocycles. The van der Waals surface area contributed by atoms with Gasteiger partial charge in [0.15, 0.2) is 11.6 Å². The molecule has 4 rings (SSSR count). The predicted octanol–water partition coefficient (Wildman–Crippen LogP) is 1.99. The zero-order valence-electron chi connectivity index (χ0n) is 13.4. The number of nitrogens with two attached hydrogens (primary N) is 2. The van der Waals surface area contributed by atoms with Gasteiger partial charge in [0.1, 0.15) is 11.0 Å². The molecule has 1 aliphatic rings. The SMILES string of the molecule is Cc1ccc(Cl)cc1C1=CC(N)(c2ccc3n[nH]nc3c2)N=C(N)N1. The van der Waals surface area contributed by atoms with E-state index >= 15 is 0 Å². The van der Waals surface area contributed by atoms with Crippen LogP contribution >= 0.6 is 11.6 Å². The zero-order valence-corrected chi connectivity index (χ0v) is 14.2. The van der Waals surface area contributed by atoms with Crippen molar-refractivity contribution in [1.82, 2.24) is 20.7 Å². The minimum atomic E-state index is -1.12. The van der Waals surface area contributed by atoms with E-state index in [4.69, 9.17) is 23.1 Å². The topological polar surface area (TPSA) is 118 Å². The van der Waals surface area contributed by atoms with E-state index in [-0.39, 0.29) is 5.96 Å². The Kier molecular flexibility index (Phi) is 3.48. The maximum absolute atomic E-state index is 6.57. The molecule has 2 aromatic carbocycles. The fourth-order valence-corrected chi connectivity index (χ4v) is 3.09. The van der Waals surface area contributed by atoms with Gasteiger partial charge in [-0.3, -0.25) is 5.73 Å². The number of nitrogens with one attached hydrogen (secondary N) is 2. The van der Waals surface area contributed by atoms with Crippen LogP contribution in [-0.4, -0.2) is 21.4 Å². The normalized spacial score (nSPS) is 20.1. The molecular formula is C17H16ClN7. The predicted molar refractivity (Wildman–Crippen MR) is 98.7 cm³/mol. The van der Waals surface area contributed by atoms with E-state index in [1.54, 1.807) is 0 Å². The molecule has 6 N–H and O–H groups in total. The standard InChI is InChI=1S/C17H16ClN7/c1-9-2-4-11(18)7-12(9)15-8-17(20,22-16(19)21-15)10-3-5-13-14(6-10)24-25-23-13/h2-8H,20H2,1H3,(H3,19,21,22)(H,23,24,25). The van der Waals surface area contributed by atoms with Crippen LogP contribution in [0.1, 0.15) is 16.7 Å². The maximum atomic E-state index is 6.57. The molecule has 8 heteroatoms. The van der Waals surface area contributed by atoms with Gasteiger partial charge in [-0.15, -0.1) is 0 Å². The number of hydrogen-bond donors (Lipinski definition) is 4. The number of guanidine groups is 1. The first kappa shape index (κ1) is 15.6. The van der Waals surface area contributed by atoms with Crippen molar-refractivity contribution in [2.75, 3.05) is 0 Å². The number of aromatic amines is 1. The van der Waals surface area contributed by atoms with Crippen LogP contribution in [-0.2, 0) is 5.66 Å². The van der Waals surface area contributed by atoms with Crippen LogP contribution in [0, 0.1) is 6.92 Å². The molecule has 3 aromatic rings. The van der Waals surface area contributed by atoms with E-state index in [2.05, 4.69) is 25.7 Å². The van der Waals surface area contributed by atoms with Crippen molar-refractivity contribution in [2.45, 2.75) is 12.6 Å². The molecule has 0 spiro atoms. The molecule has 2 heterocycles. The van der Waals surface area contributed by atoms with Gasteiger partial charge in [-0.25, -0.2) is 4.99 Å². The van der Waals surface area contributed by atoms with Crippen molar-refractivity contribution in [3.8, 4) is 0 Å². The van der Waals surface area contributed by atoms with Crippen LogP contribution in [0.25, 0.3) is 16.7 Å². The smallest absolute Gasteiger partial charge is 0.195 e. The fourth-order valence-electron chi connectivity index (χ4n) is 2.92. The van der Waals surface area contributed by atoms with Gasteiger partial charge in [0.25, 0.3) is 0 Å². The van der Waals surface area contributed by atoms with Gasteiger partial charge in [0.05, 0.1) is 0 Å². The number of H-pyrrole nitrogens is 1. The van der Waals surface area contributed by atoms with Gasteiger partial charge in [0, 0.05) is 21.8 Å². The fraction of sp³-hybridized carbons (Fsp3) is 0.118. The third-order valence-electron chi connectivity index (χ3n) is 4.20. The first-order chi connectivity index (χ1) is 11.9. The lowest BCUT2D eigenvalue weighted by Crippen LogP contribution is -2.44.